The third-order valence-electron chi connectivity index (χ3n) is 4.29. The van der Waals surface area contributed by atoms with Gasteiger partial charge in [0.1, 0.15) is 5.82 Å². The van der Waals surface area contributed by atoms with Crippen LogP contribution in [0, 0.1) is 12.7 Å². The Morgan fingerprint density at radius 2 is 1.81 bits per heavy atom. The fourth-order valence-corrected chi connectivity index (χ4v) is 3.88. The molecule has 3 aromatic rings. The van der Waals surface area contributed by atoms with Gasteiger partial charge in [-0.25, -0.2) is 4.39 Å². The summed E-state index contributed by atoms with van der Waals surface area (Å²) in [7, 11) is 3.17. The number of rotatable bonds is 5. The summed E-state index contributed by atoms with van der Waals surface area (Å²) in [5.41, 5.74) is 1.94. The minimum atomic E-state index is -0.309. The minimum absolute atomic E-state index is 0.187. The molecule has 1 heterocycles. The number of carbonyl (C=O) groups is 1. The Balaban J connectivity index is 1.84. The van der Waals surface area contributed by atoms with Crippen LogP contribution in [0.2, 0.25) is 0 Å². The summed E-state index contributed by atoms with van der Waals surface area (Å²) in [5, 5.41) is 3.73. The van der Waals surface area contributed by atoms with Gasteiger partial charge < -0.3 is 14.8 Å². The summed E-state index contributed by atoms with van der Waals surface area (Å²) in [4.78, 5) is 13.2. The van der Waals surface area contributed by atoms with E-state index in [1.165, 1.54) is 23.5 Å². The Morgan fingerprint density at radius 1 is 1.12 bits per heavy atom. The predicted octanol–water partition coefficient (Wildman–Crippen LogP) is 4.86. The molecule has 1 N–H and O–H groups in total. The second kappa shape index (κ2) is 7.33. The molecule has 1 aromatic heterocycles. The molecule has 1 unspecified atom stereocenters. The van der Waals surface area contributed by atoms with Crippen LogP contribution >= 0.6 is 11.3 Å². The van der Waals surface area contributed by atoms with Gasteiger partial charge >= 0.3 is 0 Å². The zero-order valence-corrected chi connectivity index (χ0v) is 15.9. The standard InChI is InChI=1S/C20H20FNO3S/c1-11-7-16(24-3)17(25-4)10-15(11)12(2)22-20(23)19-9-13-8-14(21)5-6-18(13)26-19/h5-10,12H,1-4H3,(H,22,23). The second-order valence-corrected chi connectivity index (χ2v) is 7.14. The molecule has 4 nitrogen and oxygen atoms in total. The first-order valence-corrected chi connectivity index (χ1v) is 8.97. The topological polar surface area (TPSA) is 47.6 Å². The molecule has 0 spiro atoms. The Kier molecular flexibility index (Phi) is 5.13. The number of hydrogen-bond acceptors (Lipinski definition) is 4. The number of fused-ring (bicyclic) bond motifs is 1. The zero-order chi connectivity index (χ0) is 18.8. The van der Waals surface area contributed by atoms with Crippen molar-refractivity contribution in [1.29, 1.82) is 0 Å². The summed E-state index contributed by atoms with van der Waals surface area (Å²) >= 11 is 1.35. The van der Waals surface area contributed by atoms with Gasteiger partial charge in [0.05, 0.1) is 25.1 Å². The number of ether oxygens (including phenoxy) is 2. The van der Waals surface area contributed by atoms with Crippen molar-refractivity contribution in [3.05, 3.63) is 58.2 Å². The van der Waals surface area contributed by atoms with Crippen LogP contribution in [0.5, 0.6) is 11.5 Å². The normalized spacial score (nSPS) is 12.0. The van der Waals surface area contributed by atoms with Crippen molar-refractivity contribution in [2.75, 3.05) is 14.2 Å². The van der Waals surface area contributed by atoms with Gasteiger partial charge in [0.25, 0.3) is 5.91 Å². The van der Waals surface area contributed by atoms with Gasteiger partial charge in [-0.3, -0.25) is 4.79 Å². The van der Waals surface area contributed by atoms with Crippen LogP contribution < -0.4 is 14.8 Å². The van der Waals surface area contributed by atoms with Crippen LogP contribution in [0.25, 0.3) is 10.1 Å². The van der Waals surface area contributed by atoms with Crippen LogP contribution in [0.1, 0.15) is 33.8 Å². The van der Waals surface area contributed by atoms with Crippen LogP contribution in [0.4, 0.5) is 4.39 Å². The lowest BCUT2D eigenvalue weighted by Gasteiger charge is -2.19. The van der Waals surface area contributed by atoms with Crippen LogP contribution in [0.15, 0.2) is 36.4 Å². The van der Waals surface area contributed by atoms with Gasteiger partial charge in [-0.15, -0.1) is 11.3 Å². The maximum absolute atomic E-state index is 13.3. The molecular weight excluding hydrogens is 353 g/mol. The van der Waals surface area contributed by atoms with Gasteiger partial charge in [0, 0.05) is 4.70 Å². The number of halogens is 1. The average molecular weight is 373 g/mol. The van der Waals surface area contributed by atoms with E-state index >= 15 is 0 Å². The summed E-state index contributed by atoms with van der Waals surface area (Å²) in [6.07, 6.45) is 0. The van der Waals surface area contributed by atoms with Crippen molar-refractivity contribution in [1.82, 2.24) is 5.32 Å². The maximum Gasteiger partial charge on any atom is 0.261 e. The Bertz CT molecular complexity index is 967. The van der Waals surface area contributed by atoms with Gasteiger partial charge in [0.15, 0.2) is 11.5 Å². The summed E-state index contributed by atoms with van der Waals surface area (Å²) < 4.78 is 24.9. The molecule has 0 bridgehead atoms. The summed E-state index contributed by atoms with van der Waals surface area (Å²) in [6, 6.07) is 9.78. The molecule has 2 aromatic carbocycles. The van der Waals surface area contributed by atoms with Crippen molar-refractivity contribution in [3.63, 3.8) is 0 Å². The number of hydrogen-bond donors (Lipinski definition) is 1. The van der Waals surface area contributed by atoms with E-state index < -0.39 is 0 Å². The molecule has 0 radical (unpaired) electrons. The Morgan fingerprint density at radius 3 is 2.50 bits per heavy atom. The summed E-state index contributed by atoms with van der Waals surface area (Å²) in [5.74, 6) is 0.773. The molecule has 1 atom stereocenters. The molecule has 136 valence electrons. The lowest BCUT2D eigenvalue weighted by Crippen LogP contribution is -2.26. The van der Waals surface area contributed by atoms with Crippen molar-refractivity contribution in [2.24, 2.45) is 0 Å². The number of thiophene rings is 1. The zero-order valence-electron chi connectivity index (χ0n) is 15.1. The monoisotopic (exact) mass is 373 g/mol. The molecule has 0 saturated heterocycles. The van der Waals surface area contributed by atoms with Crippen LogP contribution in [-0.2, 0) is 0 Å². The van der Waals surface area contributed by atoms with E-state index in [-0.39, 0.29) is 17.8 Å². The van der Waals surface area contributed by atoms with E-state index in [1.807, 2.05) is 26.0 Å². The average Bonchev–Trinajstić information content (AvgIpc) is 3.04. The highest BCUT2D eigenvalue weighted by atomic mass is 32.1. The number of carbonyl (C=O) groups excluding carboxylic acids is 1. The van der Waals surface area contributed by atoms with E-state index in [0.29, 0.717) is 16.4 Å². The SMILES string of the molecule is COc1cc(C)c(C(C)NC(=O)c2cc3cc(F)ccc3s2)cc1OC. The molecule has 6 heteroatoms. The Labute approximate surface area is 155 Å². The summed E-state index contributed by atoms with van der Waals surface area (Å²) in [6.45, 7) is 3.88. The first-order valence-electron chi connectivity index (χ1n) is 8.15. The fraction of sp³-hybridized carbons (Fsp3) is 0.250. The van der Waals surface area contributed by atoms with E-state index in [4.69, 9.17) is 9.47 Å². The molecule has 3 rings (SSSR count). The lowest BCUT2D eigenvalue weighted by molar-refractivity contribution is 0.0944. The Hall–Kier alpha value is -2.60. The molecule has 0 aliphatic heterocycles. The first kappa shape index (κ1) is 18.2. The van der Waals surface area contributed by atoms with Gasteiger partial charge in [-0.05, 0) is 66.8 Å². The molecule has 0 aliphatic carbocycles. The third-order valence-corrected chi connectivity index (χ3v) is 5.40. The van der Waals surface area contributed by atoms with E-state index in [0.717, 1.165) is 21.2 Å². The molecular formula is C20H20FNO3S. The van der Waals surface area contributed by atoms with Gasteiger partial charge in [-0.1, -0.05) is 0 Å². The molecule has 0 fully saturated rings. The van der Waals surface area contributed by atoms with Gasteiger partial charge in [-0.2, -0.15) is 0 Å². The van der Waals surface area contributed by atoms with Crippen LogP contribution in [-0.4, -0.2) is 20.1 Å². The van der Waals surface area contributed by atoms with Crippen LogP contribution in [0.3, 0.4) is 0 Å². The number of nitrogens with one attached hydrogen (secondary N) is 1. The van der Waals surface area contributed by atoms with Crippen molar-refractivity contribution < 1.29 is 18.7 Å². The smallest absolute Gasteiger partial charge is 0.261 e. The largest absolute Gasteiger partial charge is 0.493 e. The fourth-order valence-electron chi connectivity index (χ4n) is 2.93. The van der Waals surface area contributed by atoms with E-state index in [9.17, 15) is 9.18 Å². The highest BCUT2D eigenvalue weighted by Crippen LogP contribution is 2.33. The predicted molar refractivity (Wildman–Crippen MR) is 102 cm³/mol. The van der Waals surface area contributed by atoms with Gasteiger partial charge in [0.2, 0.25) is 0 Å². The molecule has 0 saturated carbocycles. The highest BCUT2D eigenvalue weighted by molar-refractivity contribution is 7.20. The number of methoxy groups -OCH3 is 2. The van der Waals surface area contributed by atoms with E-state index in [1.54, 1.807) is 26.4 Å². The minimum Gasteiger partial charge on any atom is -0.493 e. The van der Waals surface area contributed by atoms with Crippen molar-refractivity contribution >= 4 is 27.3 Å². The first-order chi connectivity index (χ1) is 12.4. The lowest BCUT2D eigenvalue weighted by atomic mass is 10.0. The highest BCUT2D eigenvalue weighted by Gasteiger charge is 2.18. The third kappa shape index (κ3) is 3.51. The second-order valence-electron chi connectivity index (χ2n) is 6.05. The van der Waals surface area contributed by atoms with Crippen molar-refractivity contribution in [3.8, 4) is 11.5 Å². The molecule has 1 amide bonds. The quantitative estimate of drug-likeness (QED) is 0.695. The number of benzene rings is 2. The van der Waals surface area contributed by atoms with Crippen molar-refractivity contribution in [2.45, 2.75) is 19.9 Å². The number of amides is 1. The molecule has 26 heavy (non-hydrogen) atoms. The maximum atomic E-state index is 13.3. The number of aryl methyl sites for hydroxylation is 1. The molecule has 0 aliphatic rings. The van der Waals surface area contributed by atoms with E-state index in [2.05, 4.69) is 5.32 Å².